The molecule has 3 N–H and O–H groups in total. The summed E-state index contributed by atoms with van der Waals surface area (Å²) in [6, 6.07) is 4.22. The highest BCUT2D eigenvalue weighted by Crippen LogP contribution is 2.23. The van der Waals surface area contributed by atoms with Gasteiger partial charge in [-0.05, 0) is 58.8 Å². The molecule has 1 aliphatic rings. The fraction of sp³-hybridized carbons (Fsp3) is 0.737. The summed E-state index contributed by atoms with van der Waals surface area (Å²) in [7, 11) is 0. The molecule has 2 atom stereocenters. The average Bonchev–Trinajstić information content (AvgIpc) is 3.05. The number of nitrogens with one attached hydrogen (secondary N) is 2. The molecule has 26 heavy (non-hydrogen) atoms. The van der Waals surface area contributed by atoms with Crippen LogP contribution in [0.2, 0.25) is 0 Å². The minimum absolute atomic E-state index is 0. The molecule has 0 saturated carbocycles. The number of guanidine groups is 1. The number of aliphatic imine (C=N–C) groups is 1. The second kappa shape index (κ2) is 11.1. The van der Waals surface area contributed by atoms with Gasteiger partial charge in [0.1, 0.15) is 17.1 Å². The van der Waals surface area contributed by atoms with Crippen LogP contribution < -0.4 is 10.6 Å². The molecule has 6 nitrogen and oxygen atoms in total. The van der Waals surface area contributed by atoms with Gasteiger partial charge in [-0.25, -0.2) is 4.99 Å². The molecule has 0 aliphatic carbocycles. The van der Waals surface area contributed by atoms with Crippen molar-refractivity contribution in [2.45, 2.75) is 58.6 Å². The predicted octanol–water partition coefficient (Wildman–Crippen LogP) is 2.84. The number of furan rings is 1. The normalized spacial score (nSPS) is 21.0. The molecule has 0 aromatic carbocycles. The summed E-state index contributed by atoms with van der Waals surface area (Å²) in [4.78, 5) is 7.10. The molecule has 1 aliphatic heterocycles. The van der Waals surface area contributed by atoms with E-state index < -0.39 is 5.60 Å². The standard InChI is InChI=1S/C19H34N4O2.HI/c1-5-20-18(21-13-16-9-7-8-12-23(16)6-2)22-14-19(4,24)17-11-10-15(3)25-17;/h10-11,16,24H,5-9,12-14H2,1-4H3,(H2,20,21,22);1H. The second-order valence-electron chi connectivity index (χ2n) is 7.04. The number of nitrogens with zero attached hydrogens (tertiary/aromatic N) is 2. The lowest BCUT2D eigenvalue weighted by molar-refractivity contribution is 0.0428. The highest BCUT2D eigenvalue weighted by Gasteiger charge is 2.27. The molecule has 0 radical (unpaired) electrons. The second-order valence-corrected chi connectivity index (χ2v) is 7.04. The molecule has 1 aromatic heterocycles. The number of aryl methyl sites for hydroxylation is 1. The first-order chi connectivity index (χ1) is 12.0. The number of hydrogen-bond acceptors (Lipinski definition) is 4. The number of rotatable bonds is 7. The summed E-state index contributed by atoms with van der Waals surface area (Å²) in [5, 5.41) is 17.4. The summed E-state index contributed by atoms with van der Waals surface area (Å²) >= 11 is 0. The van der Waals surface area contributed by atoms with Crippen LogP contribution in [0.25, 0.3) is 0 Å². The van der Waals surface area contributed by atoms with Gasteiger partial charge in [0.2, 0.25) is 0 Å². The van der Waals surface area contributed by atoms with E-state index in [0.717, 1.165) is 31.4 Å². The number of likely N-dealkylation sites (N-methyl/N-ethyl adjacent to an activating group) is 1. The number of likely N-dealkylation sites (tertiary alicyclic amines) is 1. The third-order valence-electron chi connectivity index (χ3n) is 4.82. The number of halogens is 1. The highest BCUT2D eigenvalue weighted by molar-refractivity contribution is 14.0. The zero-order valence-corrected chi connectivity index (χ0v) is 18.9. The molecular formula is C19H35IN4O2. The molecule has 1 saturated heterocycles. The van der Waals surface area contributed by atoms with E-state index in [0.29, 0.717) is 11.8 Å². The van der Waals surface area contributed by atoms with Crippen molar-refractivity contribution in [2.75, 3.05) is 32.7 Å². The minimum Gasteiger partial charge on any atom is -0.463 e. The van der Waals surface area contributed by atoms with E-state index >= 15 is 0 Å². The van der Waals surface area contributed by atoms with Gasteiger partial charge in [0, 0.05) is 19.1 Å². The predicted molar refractivity (Wildman–Crippen MR) is 117 cm³/mol. The molecule has 0 spiro atoms. The topological polar surface area (TPSA) is 73.0 Å². The van der Waals surface area contributed by atoms with Crippen molar-refractivity contribution in [1.29, 1.82) is 0 Å². The highest BCUT2D eigenvalue weighted by atomic mass is 127. The molecular weight excluding hydrogens is 443 g/mol. The summed E-state index contributed by atoms with van der Waals surface area (Å²) in [6.45, 7) is 12.1. The summed E-state index contributed by atoms with van der Waals surface area (Å²) in [5.41, 5.74) is -1.11. The van der Waals surface area contributed by atoms with Crippen LogP contribution in [-0.4, -0.2) is 54.7 Å². The van der Waals surface area contributed by atoms with E-state index in [1.54, 1.807) is 6.92 Å². The third-order valence-corrected chi connectivity index (χ3v) is 4.82. The van der Waals surface area contributed by atoms with Crippen LogP contribution in [0, 0.1) is 6.92 Å². The summed E-state index contributed by atoms with van der Waals surface area (Å²) in [6.07, 6.45) is 3.82. The lowest BCUT2D eigenvalue weighted by Crippen LogP contribution is -2.49. The average molecular weight is 478 g/mol. The smallest absolute Gasteiger partial charge is 0.191 e. The van der Waals surface area contributed by atoms with Crippen molar-refractivity contribution in [2.24, 2.45) is 4.99 Å². The van der Waals surface area contributed by atoms with E-state index in [1.165, 1.54) is 25.8 Å². The van der Waals surface area contributed by atoms with Crippen LogP contribution in [0.1, 0.15) is 51.6 Å². The maximum atomic E-state index is 10.6. The molecule has 2 rings (SSSR count). The van der Waals surface area contributed by atoms with Crippen molar-refractivity contribution >= 4 is 29.9 Å². The maximum absolute atomic E-state index is 10.6. The lowest BCUT2D eigenvalue weighted by atomic mass is 10.0. The Kier molecular flexibility index (Phi) is 9.95. The van der Waals surface area contributed by atoms with Crippen molar-refractivity contribution in [1.82, 2.24) is 15.5 Å². The van der Waals surface area contributed by atoms with E-state index in [2.05, 4.69) is 27.4 Å². The van der Waals surface area contributed by atoms with Crippen LogP contribution >= 0.6 is 24.0 Å². The monoisotopic (exact) mass is 478 g/mol. The molecule has 1 aromatic rings. The van der Waals surface area contributed by atoms with Crippen LogP contribution in [0.15, 0.2) is 21.5 Å². The Balaban J connectivity index is 0.00000338. The lowest BCUT2D eigenvalue weighted by Gasteiger charge is -2.35. The number of aliphatic hydroxyl groups is 1. The van der Waals surface area contributed by atoms with Gasteiger partial charge in [0.05, 0.1) is 6.54 Å². The molecule has 150 valence electrons. The van der Waals surface area contributed by atoms with E-state index in [9.17, 15) is 5.11 Å². The Morgan fingerprint density at radius 3 is 2.73 bits per heavy atom. The fourth-order valence-corrected chi connectivity index (χ4v) is 3.30. The van der Waals surface area contributed by atoms with Gasteiger partial charge in [-0.2, -0.15) is 0 Å². The first-order valence-corrected chi connectivity index (χ1v) is 9.51. The van der Waals surface area contributed by atoms with Gasteiger partial charge >= 0.3 is 0 Å². The quantitative estimate of drug-likeness (QED) is 0.320. The molecule has 7 heteroatoms. The van der Waals surface area contributed by atoms with Crippen LogP contribution in [0.3, 0.4) is 0 Å². The number of hydrogen-bond donors (Lipinski definition) is 3. The molecule has 2 unspecified atom stereocenters. The Bertz CT molecular complexity index is 559. The van der Waals surface area contributed by atoms with Crippen molar-refractivity contribution < 1.29 is 9.52 Å². The molecule has 2 heterocycles. The van der Waals surface area contributed by atoms with Crippen molar-refractivity contribution in [3.05, 3.63) is 23.7 Å². The maximum Gasteiger partial charge on any atom is 0.191 e. The summed E-state index contributed by atoms with van der Waals surface area (Å²) < 4.78 is 5.56. The van der Waals surface area contributed by atoms with Crippen LogP contribution in [-0.2, 0) is 5.60 Å². The van der Waals surface area contributed by atoms with Crippen LogP contribution in [0.5, 0.6) is 0 Å². The Labute approximate surface area is 174 Å². The minimum atomic E-state index is -1.11. The Hall–Kier alpha value is -0.800. The van der Waals surface area contributed by atoms with E-state index in [1.807, 2.05) is 26.0 Å². The molecule has 0 bridgehead atoms. The Morgan fingerprint density at radius 2 is 2.12 bits per heavy atom. The number of piperidine rings is 1. The van der Waals surface area contributed by atoms with Gasteiger partial charge < -0.3 is 20.2 Å². The Morgan fingerprint density at radius 1 is 1.35 bits per heavy atom. The largest absolute Gasteiger partial charge is 0.463 e. The summed E-state index contributed by atoms with van der Waals surface area (Å²) in [5.74, 6) is 2.09. The van der Waals surface area contributed by atoms with Gasteiger partial charge in [0.25, 0.3) is 0 Å². The third kappa shape index (κ3) is 6.74. The van der Waals surface area contributed by atoms with Gasteiger partial charge in [0.15, 0.2) is 5.96 Å². The van der Waals surface area contributed by atoms with Gasteiger partial charge in [-0.3, -0.25) is 4.90 Å². The van der Waals surface area contributed by atoms with Crippen molar-refractivity contribution in [3.8, 4) is 0 Å². The zero-order chi connectivity index (χ0) is 18.3. The van der Waals surface area contributed by atoms with Crippen molar-refractivity contribution in [3.63, 3.8) is 0 Å². The SMILES string of the molecule is CCNC(=NCC(C)(O)c1ccc(C)o1)NCC1CCCCN1CC.I. The zero-order valence-electron chi connectivity index (χ0n) is 16.5. The first-order valence-electron chi connectivity index (χ1n) is 9.51. The first kappa shape index (κ1) is 23.2. The van der Waals surface area contributed by atoms with Gasteiger partial charge in [-0.1, -0.05) is 13.3 Å². The fourth-order valence-electron chi connectivity index (χ4n) is 3.30. The van der Waals surface area contributed by atoms with Gasteiger partial charge in [-0.15, -0.1) is 24.0 Å². The van der Waals surface area contributed by atoms with E-state index in [-0.39, 0.29) is 30.5 Å². The molecule has 0 amide bonds. The van der Waals surface area contributed by atoms with Crippen LogP contribution in [0.4, 0.5) is 0 Å². The van der Waals surface area contributed by atoms with E-state index in [4.69, 9.17) is 4.42 Å². The molecule has 1 fully saturated rings.